The predicted molar refractivity (Wildman–Crippen MR) is 108 cm³/mol. The molecule has 0 bridgehead atoms. The SMILES string of the molecule is Cc1ccc(CN2CCC(CN(C)C(=O)c3nc4cccc(C)n4c3F)CC2)o1. The van der Waals surface area contributed by atoms with Gasteiger partial charge in [0, 0.05) is 19.3 Å². The molecule has 0 aromatic carbocycles. The molecule has 0 unspecified atom stereocenters. The molecule has 0 saturated carbocycles. The minimum Gasteiger partial charge on any atom is -0.465 e. The molecule has 3 aromatic heterocycles. The van der Waals surface area contributed by atoms with E-state index < -0.39 is 5.95 Å². The molecule has 4 heterocycles. The number of rotatable bonds is 5. The molecule has 1 fully saturated rings. The van der Waals surface area contributed by atoms with Crippen LogP contribution in [0.2, 0.25) is 0 Å². The molecule has 4 rings (SSSR count). The molecule has 0 N–H and O–H groups in total. The smallest absolute Gasteiger partial charge is 0.277 e. The van der Waals surface area contributed by atoms with Crippen LogP contribution < -0.4 is 0 Å². The molecular weight excluding hydrogens is 371 g/mol. The van der Waals surface area contributed by atoms with Gasteiger partial charge in [-0.2, -0.15) is 4.39 Å². The van der Waals surface area contributed by atoms with Crippen LogP contribution in [0.3, 0.4) is 0 Å². The topological polar surface area (TPSA) is 54.0 Å². The quantitative estimate of drug-likeness (QED) is 0.658. The van der Waals surface area contributed by atoms with Crippen molar-refractivity contribution in [2.75, 3.05) is 26.7 Å². The zero-order valence-corrected chi connectivity index (χ0v) is 17.2. The van der Waals surface area contributed by atoms with Crippen molar-refractivity contribution in [3.05, 3.63) is 59.2 Å². The summed E-state index contributed by atoms with van der Waals surface area (Å²) in [6.45, 7) is 7.12. The summed E-state index contributed by atoms with van der Waals surface area (Å²) >= 11 is 0. The largest absolute Gasteiger partial charge is 0.465 e. The van der Waals surface area contributed by atoms with Gasteiger partial charge in [0.15, 0.2) is 5.69 Å². The van der Waals surface area contributed by atoms with Crippen LogP contribution in [0.5, 0.6) is 0 Å². The van der Waals surface area contributed by atoms with Crippen molar-refractivity contribution in [3.8, 4) is 0 Å². The zero-order chi connectivity index (χ0) is 20.5. The molecule has 1 aliphatic rings. The first kappa shape index (κ1) is 19.6. The number of nitrogens with zero attached hydrogens (tertiary/aromatic N) is 4. The summed E-state index contributed by atoms with van der Waals surface area (Å²) in [5.41, 5.74) is 1.07. The van der Waals surface area contributed by atoms with Gasteiger partial charge in [-0.1, -0.05) is 6.07 Å². The molecule has 6 nitrogen and oxygen atoms in total. The maximum atomic E-state index is 14.8. The second-order valence-corrected chi connectivity index (χ2v) is 8.03. The summed E-state index contributed by atoms with van der Waals surface area (Å²) < 4.78 is 21.8. The van der Waals surface area contributed by atoms with Gasteiger partial charge in [0.1, 0.15) is 17.2 Å². The van der Waals surface area contributed by atoms with Crippen molar-refractivity contribution in [1.29, 1.82) is 0 Å². The third-order valence-corrected chi connectivity index (χ3v) is 5.75. The van der Waals surface area contributed by atoms with Crippen LogP contribution in [-0.4, -0.2) is 51.8 Å². The Bertz CT molecular complexity index is 1020. The Morgan fingerprint density at radius 2 is 2.00 bits per heavy atom. The standard InChI is InChI=1S/C22H27FN4O2/c1-15-5-4-6-19-24-20(21(23)27(15)19)22(28)25(3)13-17-9-11-26(12-10-17)14-18-8-7-16(2)29-18/h4-8,17H,9-14H2,1-3H3. The molecule has 0 aliphatic carbocycles. The fraction of sp³-hybridized carbons (Fsp3) is 0.455. The van der Waals surface area contributed by atoms with Crippen LogP contribution in [0, 0.1) is 25.7 Å². The lowest BCUT2D eigenvalue weighted by atomic mass is 9.96. The Labute approximate surface area is 169 Å². The summed E-state index contributed by atoms with van der Waals surface area (Å²) in [5, 5.41) is 0. The molecule has 0 spiro atoms. The van der Waals surface area contributed by atoms with Crippen LogP contribution >= 0.6 is 0 Å². The lowest BCUT2D eigenvalue weighted by Crippen LogP contribution is -2.39. The van der Waals surface area contributed by atoms with E-state index in [0.29, 0.717) is 23.8 Å². The van der Waals surface area contributed by atoms with Gasteiger partial charge in [-0.3, -0.25) is 14.1 Å². The van der Waals surface area contributed by atoms with Crippen molar-refractivity contribution >= 4 is 11.6 Å². The fourth-order valence-corrected chi connectivity index (χ4v) is 4.12. The third kappa shape index (κ3) is 4.05. The first-order chi connectivity index (χ1) is 13.9. The number of hydrogen-bond acceptors (Lipinski definition) is 4. The van der Waals surface area contributed by atoms with Gasteiger partial charge in [-0.15, -0.1) is 0 Å². The highest BCUT2D eigenvalue weighted by Crippen LogP contribution is 2.22. The molecule has 1 aliphatic heterocycles. The average molecular weight is 398 g/mol. The molecule has 7 heteroatoms. The Hall–Kier alpha value is -2.67. The first-order valence-electron chi connectivity index (χ1n) is 10.1. The first-order valence-corrected chi connectivity index (χ1v) is 10.1. The number of likely N-dealkylation sites (tertiary alicyclic amines) is 1. The van der Waals surface area contributed by atoms with Crippen molar-refractivity contribution < 1.29 is 13.6 Å². The van der Waals surface area contributed by atoms with Crippen molar-refractivity contribution in [2.45, 2.75) is 33.2 Å². The van der Waals surface area contributed by atoms with Crippen LogP contribution in [0.4, 0.5) is 4.39 Å². The second-order valence-electron chi connectivity index (χ2n) is 8.03. The number of hydrogen-bond donors (Lipinski definition) is 0. The number of furan rings is 1. The molecule has 1 amide bonds. The van der Waals surface area contributed by atoms with E-state index in [-0.39, 0.29) is 11.6 Å². The van der Waals surface area contributed by atoms with Crippen LogP contribution in [0.1, 0.15) is 40.5 Å². The highest BCUT2D eigenvalue weighted by atomic mass is 19.1. The monoisotopic (exact) mass is 398 g/mol. The van der Waals surface area contributed by atoms with E-state index in [2.05, 4.69) is 9.88 Å². The molecule has 0 atom stereocenters. The number of carbonyl (C=O) groups excluding carboxylic acids is 1. The summed E-state index contributed by atoms with van der Waals surface area (Å²) in [6, 6.07) is 9.34. The van der Waals surface area contributed by atoms with Crippen molar-refractivity contribution in [2.24, 2.45) is 5.92 Å². The molecule has 154 valence electrons. The average Bonchev–Trinajstić information content (AvgIpc) is 3.26. The Morgan fingerprint density at radius 1 is 1.24 bits per heavy atom. The van der Waals surface area contributed by atoms with Crippen LogP contribution in [0.15, 0.2) is 34.7 Å². The van der Waals surface area contributed by atoms with Gasteiger partial charge in [-0.05, 0) is 70.0 Å². The van der Waals surface area contributed by atoms with Crippen LogP contribution in [-0.2, 0) is 6.54 Å². The second kappa shape index (κ2) is 7.99. The number of aryl methyl sites for hydroxylation is 2. The number of fused-ring (bicyclic) bond motifs is 1. The normalized spacial score (nSPS) is 15.9. The lowest BCUT2D eigenvalue weighted by Gasteiger charge is -2.33. The highest BCUT2D eigenvalue weighted by molar-refractivity contribution is 5.93. The predicted octanol–water partition coefficient (Wildman–Crippen LogP) is 3.67. The fourth-order valence-electron chi connectivity index (χ4n) is 4.12. The molecule has 29 heavy (non-hydrogen) atoms. The zero-order valence-electron chi connectivity index (χ0n) is 17.2. The number of amides is 1. The maximum absolute atomic E-state index is 14.8. The number of pyridine rings is 1. The summed E-state index contributed by atoms with van der Waals surface area (Å²) in [5.74, 6) is 1.38. The van der Waals surface area contributed by atoms with E-state index in [9.17, 15) is 9.18 Å². The van der Waals surface area contributed by atoms with Gasteiger partial charge >= 0.3 is 0 Å². The lowest BCUT2D eigenvalue weighted by molar-refractivity contribution is 0.0725. The number of carbonyl (C=O) groups is 1. The summed E-state index contributed by atoms with van der Waals surface area (Å²) in [4.78, 5) is 21.0. The Morgan fingerprint density at radius 3 is 2.66 bits per heavy atom. The van der Waals surface area contributed by atoms with E-state index >= 15 is 0 Å². The van der Waals surface area contributed by atoms with Crippen molar-refractivity contribution in [1.82, 2.24) is 19.2 Å². The minimum atomic E-state index is -0.585. The number of aromatic nitrogens is 2. The Balaban J connectivity index is 1.35. The number of piperidine rings is 1. The number of imidazole rings is 1. The van der Waals surface area contributed by atoms with Gasteiger partial charge < -0.3 is 9.32 Å². The van der Waals surface area contributed by atoms with Gasteiger partial charge in [0.05, 0.1) is 6.54 Å². The van der Waals surface area contributed by atoms with Gasteiger partial charge in [0.25, 0.3) is 5.91 Å². The van der Waals surface area contributed by atoms with E-state index in [4.69, 9.17) is 4.42 Å². The highest BCUT2D eigenvalue weighted by Gasteiger charge is 2.26. The van der Waals surface area contributed by atoms with Gasteiger partial charge in [-0.25, -0.2) is 4.98 Å². The van der Waals surface area contributed by atoms with E-state index in [1.165, 1.54) is 4.40 Å². The molecular formula is C22H27FN4O2. The van der Waals surface area contributed by atoms with Crippen LogP contribution in [0.25, 0.3) is 5.65 Å². The molecule has 3 aromatic rings. The summed E-state index contributed by atoms with van der Waals surface area (Å²) in [7, 11) is 1.73. The van der Waals surface area contributed by atoms with E-state index in [0.717, 1.165) is 44.0 Å². The van der Waals surface area contributed by atoms with E-state index in [1.807, 2.05) is 25.1 Å². The Kier molecular flexibility index (Phi) is 5.41. The number of halogens is 1. The summed E-state index contributed by atoms with van der Waals surface area (Å²) in [6.07, 6.45) is 2.01. The van der Waals surface area contributed by atoms with E-state index in [1.54, 1.807) is 31.0 Å². The molecule has 0 radical (unpaired) electrons. The van der Waals surface area contributed by atoms with Crippen molar-refractivity contribution in [3.63, 3.8) is 0 Å². The minimum absolute atomic E-state index is 0.104. The molecule has 1 saturated heterocycles. The van der Waals surface area contributed by atoms with Gasteiger partial charge in [0.2, 0.25) is 5.95 Å². The third-order valence-electron chi connectivity index (χ3n) is 5.75. The maximum Gasteiger partial charge on any atom is 0.277 e.